The summed E-state index contributed by atoms with van der Waals surface area (Å²) in [6, 6.07) is 0.298. The Hall–Kier alpha value is -0.830. The Kier molecular flexibility index (Phi) is 6.16. The van der Waals surface area contributed by atoms with Gasteiger partial charge in [0.05, 0.1) is 6.20 Å². The van der Waals surface area contributed by atoms with E-state index in [1.165, 1.54) is 31.2 Å². The summed E-state index contributed by atoms with van der Waals surface area (Å²) in [6.07, 6.45) is 11.3. The molecular weight excluding hydrogens is 198 g/mol. The van der Waals surface area contributed by atoms with Gasteiger partial charge in [-0.1, -0.05) is 32.6 Å². The lowest BCUT2D eigenvalue weighted by Crippen LogP contribution is -2.22. The summed E-state index contributed by atoms with van der Waals surface area (Å²) in [6.45, 7) is 5.27. The minimum absolute atomic E-state index is 0.298. The van der Waals surface area contributed by atoms with E-state index < -0.39 is 0 Å². The quantitative estimate of drug-likeness (QED) is 0.689. The Morgan fingerprint density at radius 3 is 2.75 bits per heavy atom. The molecule has 0 radical (unpaired) electrons. The lowest BCUT2D eigenvalue weighted by molar-refractivity contribution is 0.546. The highest BCUT2D eigenvalue weighted by Gasteiger charge is 2.05. The van der Waals surface area contributed by atoms with E-state index in [1.54, 1.807) is 0 Å². The van der Waals surface area contributed by atoms with Crippen molar-refractivity contribution in [2.45, 2.75) is 65.0 Å². The van der Waals surface area contributed by atoms with Gasteiger partial charge in [0.2, 0.25) is 0 Å². The molecule has 0 bridgehead atoms. The molecule has 16 heavy (non-hydrogen) atoms. The maximum Gasteiger partial charge on any atom is 0.0522 e. The summed E-state index contributed by atoms with van der Waals surface area (Å²) >= 11 is 0. The Morgan fingerprint density at radius 1 is 1.31 bits per heavy atom. The molecular formula is C13H25N3. The average molecular weight is 223 g/mol. The summed E-state index contributed by atoms with van der Waals surface area (Å²) in [7, 11) is 0. The Bertz CT molecular complexity index is 280. The molecule has 0 aliphatic carbocycles. The van der Waals surface area contributed by atoms with Gasteiger partial charge in [0.25, 0.3) is 0 Å². The van der Waals surface area contributed by atoms with Gasteiger partial charge in [-0.3, -0.25) is 4.68 Å². The maximum atomic E-state index is 6.10. The molecule has 1 aromatic rings. The van der Waals surface area contributed by atoms with Gasteiger partial charge in [0.15, 0.2) is 0 Å². The van der Waals surface area contributed by atoms with Crippen LogP contribution in [-0.4, -0.2) is 15.8 Å². The molecule has 1 heterocycles. The number of hydrogen-bond donors (Lipinski definition) is 1. The molecule has 0 saturated heterocycles. The van der Waals surface area contributed by atoms with E-state index in [0.29, 0.717) is 6.04 Å². The molecule has 1 aromatic heterocycles. The highest BCUT2D eigenvalue weighted by molar-refractivity contribution is 5.05. The molecule has 92 valence electrons. The van der Waals surface area contributed by atoms with Crippen LogP contribution in [0.25, 0.3) is 0 Å². The summed E-state index contributed by atoms with van der Waals surface area (Å²) in [5.74, 6) is 0. The molecule has 3 nitrogen and oxygen atoms in total. The largest absolute Gasteiger partial charge is 0.327 e. The Labute approximate surface area is 99.0 Å². The van der Waals surface area contributed by atoms with Crippen LogP contribution in [0.15, 0.2) is 12.4 Å². The first kappa shape index (κ1) is 13.2. The second kappa shape index (κ2) is 7.44. The molecule has 0 fully saturated rings. The van der Waals surface area contributed by atoms with E-state index in [9.17, 15) is 0 Å². The molecule has 1 rings (SSSR count). The third kappa shape index (κ3) is 4.79. The molecule has 0 aliphatic rings. The molecule has 0 aliphatic heterocycles. The van der Waals surface area contributed by atoms with Crippen LogP contribution in [0.3, 0.4) is 0 Å². The minimum Gasteiger partial charge on any atom is -0.327 e. The van der Waals surface area contributed by atoms with Crippen LogP contribution >= 0.6 is 0 Å². The average Bonchev–Trinajstić information content (AvgIpc) is 2.72. The standard InChI is InChI=1S/C13H25N3/c1-3-5-6-7-8-13(14)9-12-10-15-16(4-2)11-12/h10-11,13H,3-9,14H2,1-2H3. The van der Waals surface area contributed by atoms with Crippen molar-refractivity contribution in [1.82, 2.24) is 9.78 Å². The predicted molar refractivity (Wildman–Crippen MR) is 68.3 cm³/mol. The summed E-state index contributed by atoms with van der Waals surface area (Å²) in [4.78, 5) is 0. The van der Waals surface area contributed by atoms with Crippen molar-refractivity contribution >= 4 is 0 Å². The van der Waals surface area contributed by atoms with Gasteiger partial charge in [0, 0.05) is 18.8 Å². The molecule has 0 aromatic carbocycles. The Morgan fingerprint density at radius 2 is 2.12 bits per heavy atom. The lowest BCUT2D eigenvalue weighted by Gasteiger charge is -2.09. The van der Waals surface area contributed by atoms with E-state index in [2.05, 4.69) is 25.1 Å². The zero-order chi connectivity index (χ0) is 11.8. The lowest BCUT2D eigenvalue weighted by atomic mass is 10.0. The first-order chi connectivity index (χ1) is 7.76. The first-order valence-electron chi connectivity index (χ1n) is 6.53. The van der Waals surface area contributed by atoms with Gasteiger partial charge in [-0.2, -0.15) is 5.10 Å². The second-order valence-corrected chi connectivity index (χ2v) is 4.52. The summed E-state index contributed by atoms with van der Waals surface area (Å²) < 4.78 is 1.96. The van der Waals surface area contributed by atoms with Crippen LogP contribution < -0.4 is 5.73 Å². The molecule has 0 spiro atoms. The van der Waals surface area contributed by atoms with Crippen molar-refractivity contribution in [3.8, 4) is 0 Å². The normalized spacial score (nSPS) is 12.9. The number of unbranched alkanes of at least 4 members (excludes halogenated alkanes) is 3. The van der Waals surface area contributed by atoms with Crippen molar-refractivity contribution < 1.29 is 0 Å². The fourth-order valence-electron chi connectivity index (χ4n) is 1.92. The van der Waals surface area contributed by atoms with Crippen molar-refractivity contribution in [2.75, 3.05) is 0 Å². The molecule has 2 N–H and O–H groups in total. The molecule has 1 unspecified atom stereocenters. The Balaban J connectivity index is 2.20. The number of hydrogen-bond acceptors (Lipinski definition) is 2. The zero-order valence-corrected chi connectivity index (χ0v) is 10.7. The number of nitrogens with zero attached hydrogens (tertiary/aromatic N) is 2. The van der Waals surface area contributed by atoms with E-state index in [-0.39, 0.29) is 0 Å². The smallest absolute Gasteiger partial charge is 0.0522 e. The van der Waals surface area contributed by atoms with Crippen LogP contribution in [0.5, 0.6) is 0 Å². The second-order valence-electron chi connectivity index (χ2n) is 4.52. The van der Waals surface area contributed by atoms with Crippen molar-refractivity contribution in [3.05, 3.63) is 18.0 Å². The van der Waals surface area contributed by atoms with E-state index >= 15 is 0 Å². The van der Waals surface area contributed by atoms with Crippen molar-refractivity contribution in [1.29, 1.82) is 0 Å². The maximum absolute atomic E-state index is 6.10. The molecule has 0 amide bonds. The van der Waals surface area contributed by atoms with Crippen molar-refractivity contribution in [2.24, 2.45) is 5.73 Å². The van der Waals surface area contributed by atoms with Crippen molar-refractivity contribution in [3.63, 3.8) is 0 Å². The van der Waals surface area contributed by atoms with Gasteiger partial charge in [-0.15, -0.1) is 0 Å². The molecule has 1 atom stereocenters. The van der Waals surface area contributed by atoms with E-state index in [0.717, 1.165) is 19.4 Å². The number of aromatic nitrogens is 2. The molecule has 0 saturated carbocycles. The molecule has 3 heteroatoms. The van der Waals surface area contributed by atoms with Gasteiger partial charge in [0.1, 0.15) is 0 Å². The van der Waals surface area contributed by atoms with Gasteiger partial charge >= 0.3 is 0 Å². The van der Waals surface area contributed by atoms with Crippen LogP contribution in [-0.2, 0) is 13.0 Å². The third-order valence-corrected chi connectivity index (χ3v) is 2.94. The van der Waals surface area contributed by atoms with Gasteiger partial charge in [-0.05, 0) is 25.3 Å². The van der Waals surface area contributed by atoms with Crippen LogP contribution in [0.2, 0.25) is 0 Å². The summed E-state index contributed by atoms with van der Waals surface area (Å²) in [5.41, 5.74) is 7.37. The van der Waals surface area contributed by atoms with Crippen LogP contribution in [0.4, 0.5) is 0 Å². The third-order valence-electron chi connectivity index (χ3n) is 2.94. The number of nitrogens with two attached hydrogens (primary N) is 1. The number of aryl methyl sites for hydroxylation is 1. The van der Waals surface area contributed by atoms with E-state index in [4.69, 9.17) is 5.73 Å². The van der Waals surface area contributed by atoms with Crippen LogP contribution in [0, 0.1) is 0 Å². The van der Waals surface area contributed by atoms with Crippen LogP contribution in [0.1, 0.15) is 51.5 Å². The zero-order valence-electron chi connectivity index (χ0n) is 10.7. The fourth-order valence-corrected chi connectivity index (χ4v) is 1.92. The highest BCUT2D eigenvalue weighted by Crippen LogP contribution is 2.08. The minimum atomic E-state index is 0.298. The highest BCUT2D eigenvalue weighted by atomic mass is 15.3. The predicted octanol–water partition coefficient (Wildman–Crippen LogP) is 2.74. The topological polar surface area (TPSA) is 43.8 Å². The fraction of sp³-hybridized carbons (Fsp3) is 0.769. The monoisotopic (exact) mass is 223 g/mol. The van der Waals surface area contributed by atoms with Gasteiger partial charge < -0.3 is 5.73 Å². The first-order valence-corrected chi connectivity index (χ1v) is 6.53. The van der Waals surface area contributed by atoms with Gasteiger partial charge in [-0.25, -0.2) is 0 Å². The SMILES string of the molecule is CCCCCCC(N)Cc1cnn(CC)c1. The summed E-state index contributed by atoms with van der Waals surface area (Å²) in [5, 5.41) is 4.26. The number of rotatable bonds is 8. The van der Waals surface area contributed by atoms with E-state index in [1.807, 2.05) is 10.9 Å².